The van der Waals surface area contributed by atoms with Crippen LogP contribution in [-0.2, 0) is 11.2 Å². The van der Waals surface area contributed by atoms with Gasteiger partial charge < -0.3 is 10.8 Å². The van der Waals surface area contributed by atoms with E-state index < -0.39 is 12.0 Å². The number of aliphatic carboxylic acids is 1. The predicted octanol–water partition coefficient (Wildman–Crippen LogP) is 2.18. The lowest BCUT2D eigenvalue weighted by molar-refractivity contribution is -0.137. The number of hydrogen-bond donors (Lipinski definition) is 2. The van der Waals surface area contributed by atoms with Gasteiger partial charge in [0.2, 0.25) is 0 Å². The Labute approximate surface area is 112 Å². The molecule has 3 nitrogen and oxygen atoms in total. The Kier molecular flexibility index (Phi) is 8.04. The molecule has 1 unspecified atom stereocenters. The Balaban J connectivity index is 0.00000256. The van der Waals surface area contributed by atoms with Crippen LogP contribution < -0.4 is 5.73 Å². The Morgan fingerprint density at radius 1 is 1.41 bits per heavy atom. The lowest BCUT2D eigenvalue weighted by Crippen LogP contribution is -2.33. The van der Waals surface area contributed by atoms with Gasteiger partial charge in [0.1, 0.15) is 6.04 Å². The number of nitrogens with two attached hydrogens (primary N) is 1. The van der Waals surface area contributed by atoms with Crippen LogP contribution in [0.1, 0.15) is 12.5 Å². The highest BCUT2D eigenvalue weighted by atomic mass is 35.5. The van der Waals surface area contributed by atoms with E-state index in [9.17, 15) is 4.79 Å². The fraction of sp³-hybridized carbons (Fsp3) is 0.417. The zero-order chi connectivity index (χ0) is 12.0. The second-order valence-corrected chi connectivity index (χ2v) is 5.25. The number of carboxylic acid groups (broad SMARTS) is 1. The summed E-state index contributed by atoms with van der Waals surface area (Å²) in [5.74, 6) is -0.469. The number of thioether (sulfide) groups is 1. The van der Waals surface area contributed by atoms with Crippen LogP contribution in [0.2, 0.25) is 0 Å². The van der Waals surface area contributed by atoms with Crippen molar-refractivity contribution in [2.45, 2.75) is 24.6 Å². The summed E-state index contributed by atoms with van der Waals surface area (Å²) in [5, 5.41) is 9.03. The van der Waals surface area contributed by atoms with Crippen molar-refractivity contribution in [3.8, 4) is 0 Å². The molecule has 0 heterocycles. The maximum Gasteiger partial charge on any atom is 0.321 e. The van der Waals surface area contributed by atoms with E-state index in [-0.39, 0.29) is 12.4 Å². The third-order valence-electron chi connectivity index (χ3n) is 2.24. The first-order valence-electron chi connectivity index (χ1n) is 5.23. The third kappa shape index (κ3) is 6.56. The van der Waals surface area contributed by atoms with Crippen LogP contribution in [0, 0.1) is 0 Å². The summed E-state index contributed by atoms with van der Waals surface area (Å²) in [6.45, 7) is 2.09. The van der Waals surface area contributed by atoms with E-state index in [0.29, 0.717) is 11.0 Å². The standard InChI is InChI=1S/C12H17NO2S.ClH/c1-9(16-8-11(13)12(14)15)7-10-5-3-2-4-6-10;/h2-6,9,11H,7-8,13H2,1H3,(H,14,15);1H/t9?,11-;/m0./s1. The molecule has 0 spiro atoms. The summed E-state index contributed by atoms with van der Waals surface area (Å²) in [7, 11) is 0. The van der Waals surface area contributed by atoms with Crippen molar-refractivity contribution in [2.75, 3.05) is 5.75 Å². The number of benzene rings is 1. The van der Waals surface area contributed by atoms with Gasteiger partial charge in [-0.05, 0) is 12.0 Å². The molecule has 0 radical (unpaired) electrons. The molecule has 17 heavy (non-hydrogen) atoms. The topological polar surface area (TPSA) is 63.3 Å². The van der Waals surface area contributed by atoms with E-state index >= 15 is 0 Å². The highest BCUT2D eigenvalue weighted by Crippen LogP contribution is 2.16. The molecule has 0 aliphatic heterocycles. The molecule has 1 rings (SSSR count). The SMILES string of the molecule is CC(Cc1ccccc1)SC[C@H](N)C(=O)O.Cl. The first-order valence-corrected chi connectivity index (χ1v) is 6.28. The molecule has 0 aliphatic rings. The van der Waals surface area contributed by atoms with Crippen LogP contribution in [0.25, 0.3) is 0 Å². The normalized spacial score (nSPS) is 13.5. The van der Waals surface area contributed by atoms with Crippen LogP contribution in [0.4, 0.5) is 0 Å². The fourth-order valence-electron chi connectivity index (χ4n) is 1.34. The highest BCUT2D eigenvalue weighted by Gasteiger charge is 2.13. The minimum absolute atomic E-state index is 0. The van der Waals surface area contributed by atoms with E-state index in [1.54, 1.807) is 11.8 Å². The molecule has 2 atom stereocenters. The second-order valence-electron chi connectivity index (χ2n) is 3.78. The molecule has 96 valence electrons. The van der Waals surface area contributed by atoms with Gasteiger partial charge in [0.25, 0.3) is 0 Å². The molecular weight excluding hydrogens is 258 g/mol. The van der Waals surface area contributed by atoms with Crippen molar-refractivity contribution in [2.24, 2.45) is 5.73 Å². The first kappa shape index (κ1) is 16.3. The van der Waals surface area contributed by atoms with Crippen molar-refractivity contribution in [3.63, 3.8) is 0 Å². The van der Waals surface area contributed by atoms with E-state index in [1.807, 2.05) is 18.2 Å². The maximum absolute atomic E-state index is 10.5. The number of rotatable bonds is 6. The molecule has 3 N–H and O–H groups in total. The van der Waals surface area contributed by atoms with Crippen LogP contribution in [0.5, 0.6) is 0 Å². The summed E-state index contributed by atoms with van der Waals surface area (Å²) in [4.78, 5) is 10.5. The third-order valence-corrected chi connectivity index (χ3v) is 3.53. The predicted molar refractivity (Wildman–Crippen MR) is 74.9 cm³/mol. The van der Waals surface area contributed by atoms with Gasteiger partial charge in [0, 0.05) is 11.0 Å². The summed E-state index contributed by atoms with van der Waals surface area (Å²) < 4.78 is 0. The number of halogens is 1. The van der Waals surface area contributed by atoms with Gasteiger partial charge >= 0.3 is 5.97 Å². The quantitative estimate of drug-likeness (QED) is 0.835. The molecule has 1 aromatic carbocycles. The highest BCUT2D eigenvalue weighted by molar-refractivity contribution is 7.99. The van der Waals surface area contributed by atoms with Gasteiger partial charge in [-0.15, -0.1) is 12.4 Å². The molecule has 0 aliphatic carbocycles. The first-order chi connectivity index (χ1) is 7.59. The number of carbonyl (C=O) groups is 1. The molecule has 0 bridgehead atoms. The molecule has 0 aromatic heterocycles. The summed E-state index contributed by atoms with van der Waals surface area (Å²) >= 11 is 1.60. The maximum atomic E-state index is 10.5. The van der Waals surface area contributed by atoms with Gasteiger partial charge in [-0.25, -0.2) is 0 Å². The average Bonchev–Trinajstić information content (AvgIpc) is 2.27. The zero-order valence-corrected chi connectivity index (χ0v) is 11.3. The van der Waals surface area contributed by atoms with Gasteiger partial charge in [0.05, 0.1) is 0 Å². The average molecular weight is 276 g/mol. The molecular formula is C12H18ClNO2S. The zero-order valence-electron chi connectivity index (χ0n) is 9.70. The Morgan fingerprint density at radius 2 is 2.00 bits per heavy atom. The van der Waals surface area contributed by atoms with Crippen molar-refractivity contribution >= 4 is 30.1 Å². The van der Waals surface area contributed by atoms with E-state index in [1.165, 1.54) is 5.56 Å². The second kappa shape index (κ2) is 8.39. The minimum Gasteiger partial charge on any atom is -0.480 e. The molecule has 0 fully saturated rings. The van der Waals surface area contributed by atoms with Crippen molar-refractivity contribution in [1.82, 2.24) is 0 Å². The minimum atomic E-state index is -0.931. The Morgan fingerprint density at radius 3 is 2.53 bits per heavy atom. The van der Waals surface area contributed by atoms with Crippen LogP contribution >= 0.6 is 24.2 Å². The van der Waals surface area contributed by atoms with Gasteiger partial charge in [-0.2, -0.15) is 11.8 Å². The smallest absolute Gasteiger partial charge is 0.321 e. The molecule has 0 amide bonds. The summed E-state index contributed by atoms with van der Waals surface area (Å²) in [6, 6.07) is 9.40. The lowest BCUT2D eigenvalue weighted by atomic mass is 10.1. The number of hydrogen-bond acceptors (Lipinski definition) is 3. The molecule has 0 saturated carbocycles. The monoisotopic (exact) mass is 275 g/mol. The van der Waals surface area contributed by atoms with Crippen LogP contribution in [0.3, 0.4) is 0 Å². The van der Waals surface area contributed by atoms with E-state index in [4.69, 9.17) is 10.8 Å². The summed E-state index contributed by atoms with van der Waals surface area (Å²) in [5.41, 5.74) is 6.71. The molecule has 0 saturated heterocycles. The van der Waals surface area contributed by atoms with Crippen LogP contribution in [-0.4, -0.2) is 28.1 Å². The lowest BCUT2D eigenvalue weighted by Gasteiger charge is -2.12. The molecule has 1 aromatic rings. The molecule has 5 heteroatoms. The van der Waals surface area contributed by atoms with Crippen molar-refractivity contribution in [1.29, 1.82) is 0 Å². The largest absolute Gasteiger partial charge is 0.480 e. The van der Waals surface area contributed by atoms with E-state index in [2.05, 4.69) is 19.1 Å². The van der Waals surface area contributed by atoms with Gasteiger partial charge in [-0.3, -0.25) is 4.79 Å². The van der Waals surface area contributed by atoms with Gasteiger partial charge in [-0.1, -0.05) is 37.3 Å². The van der Waals surface area contributed by atoms with Crippen LogP contribution in [0.15, 0.2) is 30.3 Å². The Bertz CT molecular complexity index is 335. The van der Waals surface area contributed by atoms with Crippen molar-refractivity contribution in [3.05, 3.63) is 35.9 Å². The van der Waals surface area contributed by atoms with E-state index in [0.717, 1.165) is 6.42 Å². The summed E-state index contributed by atoms with van der Waals surface area (Å²) in [6.07, 6.45) is 0.942. The fourth-order valence-corrected chi connectivity index (χ4v) is 2.33. The van der Waals surface area contributed by atoms with Gasteiger partial charge in [0.15, 0.2) is 0 Å². The van der Waals surface area contributed by atoms with Crippen molar-refractivity contribution < 1.29 is 9.90 Å². The Hall–Kier alpha value is -0.710. The number of carboxylic acids is 1.